The fourth-order valence-corrected chi connectivity index (χ4v) is 5.41. The Morgan fingerprint density at radius 2 is 1.65 bits per heavy atom. The number of anilines is 3. The molecule has 0 aromatic heterocycles. The number of benzene rings is 3. The van der Waals surface area contributed by atoms with Crippen LogP contribution in [0.3, 0.4) is 0 Å². The minimum atomic E-state index is -0.882. The van der Waals surface area contributed by atoms with E-state index < -0.39 is 5.35 Å². The van der Waals surface area contributed by atoms with Crippen LogP contribution in [0.5, 0.6) is 0 Å². The lowest BCUT2D eigenvalue weighted by Crippen LogP contribution is -2.24. The summed E-state index contributed by atoms with van der Waals surface area (Å²) in [6, 6.07) is 27.5. The van der Waals surface area contributed by atoms with Gasteiger partial charge in [0.25, 0.3) is 0 Å². The third-order valence-corrected chi connectivity index (χ3v) is 7.08. The van der Waals surface area contributed by atoms with E-state index in [1.807, 2.05) is 13.1 Å². The summed E-state index contributed by atoms with van der Waals surface area (Å²) in [5, 5.41) is -0.882. The van der Waals surface area contributed by atoms with Crippen LogP contribution in [-0.2, 0) is 0 Å². The summed E-state index contributed by atoms with van der Waals surface area (Å²) in [6.07, 6.45) is 7.72. The molecular weight excluding hydrogens is 396 g/mol. The Bertz CT molecular complexity index is 1190. The Morgan fingerprint density at radius 1 is 0.935 bits per heavy atom. The summed E-state index contributed by atoms with van der Waals surface area (Å²) in [5.74, 6) is 0. The maximum Gasteiger partial charge on any atom is 0.0988 e. The third-order valence-electron chi connectivity index (χ3n) is 5.92. The SMILES string of the molecule is [2H]C1(C=C2C=C(CCCC)N(c3ccccc3)c3ccccc32)Sc2ccccc2N1C. The van der Waals surface area contributed by atoms with E-state index in [4.69, 9.17) is 0 Å². The normalized spacial score (nSPS) is 21.5. The molecule has 0 bridgehead atoms. The van der Waals surface area contributed by atoms with Gasteiger partial charge in [0.15, 0.2) is 0 Å². The summed E-state index contributed by atoms with van der Waals surface area (Å²) >= 11 is 1.60. The monoisotopic (exact) mass is 425 g/mol. The van der Waals surface area contributed by atoms with Crippen LogP contribution in [0.2, 0.25) is 0 Å². The molecule has 3 heteroatoms. The number of likely N-dealkylation sites (N-methyl/N-ethyl adjacent to an activating group) is 1. The van der Waals surface area contributed by atoms with E-state index in [-0.39, 0.29) is 0 Å². The minimum Gasteiger partial charge on any atom is -0.358 e. The maximum atomic E-state index is 9.34. The zero-order valence-corrected chi connectivity index (χ0v) is 18.9. The Labute approximate surface area is 191 Å². The summed E-state index contributed by atoms with van der Waals surface area (Å²) in [7, 11) is 2.02. The fraction of sp³-hybridized carbons (Fsp3) is 0.214. The van der Waals surface area contributed by atoms with Crippen LogP contribution < -0.4 is 9.80 Å². The molecule has 0 N–H and O–H groups in total. The summed E-state index contributed by atoms with van der Waals surface area (Å²) < 4.78 is 9.34. The lowest BCUT2D eigenvalue weighted by atomic mass is 9.94. The van der Waals surface area contributed by atoms with Crippen LogP contribution in [0.4, 0.5) is 17.1 Å². The van der Waals surface area contributed by atoms with Gasteiger partial charge in [-0.15, -0.1) is 0 Å². The van der Waals surface area contributed by atoms with E-state index in [1.54, 1.807) is 11.8 Å². The molecule has 3 aromatic rings. The number of para-hydroxylation sites is 3. The molecule has 0 amide bonds. The van der Waals surface area contributed by atoms with Crippen molar-refractivity contribution in [2.45, 2.75) is 36.4 Å². The Balaban J connectivity index is 1.63. The number of thioether (sulfide) groups is 1. The predicted molar refractivity (Wildman–Crippen MR) is 135 cm³/mol. The zero-order chi connectivity index (χ0) is 22.1. The van der Waals surface area contributed by atoms with Crippen molar-refractivity contribution in [1.82, 2.24) is 0 Å². The van der Waals surface area contributed by atoms with Crippen molar-refractivity contribution in [1.29, 1.82) is 0 Å². The van der Waals surface area contributed by atoms with Crippen molar-refractivity contribution in [2.24, 2.45) is 0 Å². The van der Waals surface area contributed by atoms with Crippen LogP contribution in [0.15, 0.2) is 102 Å². The second-order valence-corrected chi connectivity index (χ2v) is 9.06. The minimum absolute atomic E-state index is 0.882. The Morgan fingerprint density at radius 3 is 2.42 bits per heavy atom. The van der Waals surface area contributed by atoms with Gasteiger partial charge >= 0.3 is 0 Å². The first kappa shape index (κ1) is 18.8. The number of rotatable bonds is 5. The number of allylic oxidation sites excluding steroid dienone is 3. The highest BCUT2D eigenvalue weighted by molar-refractivity contribution is 8.00. The smallest absolute Gasteiger partial charge is 0.0988 e. The largest absolute Gasteiger partial charge is 0.358 e. The summed E-state index contributed by atoms with van der Waals surface area (Å²) in [6.45, 7) is 2.24. The highest BCUT2D eigenvalue weighted by atomic mass is 32.2. The van der Waals surface area contributed by atoms with Crippen LogP contribution >= 0.6 is 11.8 Å². The molecule has 2 nitrogen and oxygen atoms in total. The van der Waals surface area contributed by atoms with Gasteiger partial charge in [-0.05, 0) is 60.9 Å². The highest BCUT2D eigenvalue weighted by Crippen LogP contribution is 2.46. The number of nitrogens with zero attached hydrogens (tertiary/aromatic N) is 2. The van der Waals surface area contributed by atoms with Crippen molar-refractivity contribution in [3.05, 3.63) is 102 Å². The second-order valence-electron chi connectivity index (χ2n) is 7.99. The number of hydrogen-bond acceptors (Lipinski definition) is 3. The van der Waals surface area contributed by atoms with Crippen molar-refractivity contribution >= 4 is 34.4 Å². The van der Waals surface area contributed by atoms with Gasteiger partial charge in [-0.1, -0.05) is 73.6 Å². The lowest BCUT2D eigenvalue weighted by Gasteiger charge is -2.34. The van der Waals surface area contributed by atoms with Crippen LogP contribution in [0, 0.1) is 0 Å². The van der Waals surface area contributed by atoms with Crippen LogP contribution in [0.1, 0.15) is 33.1 Å². The molecule has 0 aliphatic carbocycles. The van der Waals surface area contributed by atoms with E-state index in [0.717, 1.165) is 35.4 Å². The average Bonchev–Trinajstić information content (AvgIpc) is 3.08. The molecule has 31 heavy (non-hydrogen) atoms. The number of hydrogen-bond donors (Lipinski definition) is 0. The number of unbranched alkanes of at least 4 members (excludes halogenated alkanes) is 1. The first-order chi connectivity index (χ1) is 15.6. The summed E-state index contributed by atoms with van der Waals surface area (Å²) in [4.78, 5) is 5.62. The lowest BCUT2D eigenvalue weighted by molar-refractivity contribution is 0.773. The first-order valence-electron chi connectivity index (χ1n) is 11.5. The molecule has 0 saturated heterocycles. The fourth-order valence-electron chi connectivity index (χ4n) is 4.31. The summed E-state index contributed by atoms with van der Waals surface area (Å²) in [5.41, 5.74) is 7.07. The Kier molecular flexibility index (Phi) is 5.27. The third kappa shape index (κ3) is 3.79. The molecular formula is C28H28N2S. The van der Waals surface area contributed by atoms with Gasteiger partial charge in [0.1, 0.15) is 0 Å². The van der Waals surface area contributed by atoms with Gasteiger partial charge in [-0.2, -0.15) is 0 Å². The molecule has 1 atom stereocenters. The van der Waals surface area contributed by atoms with Gasteiger partial charge in [-0.25, -0.2) is 0 Å². The second kappa shape index (κ2) is 8.68. The zero-order valence-electron chi connectivity index (χ0n) is 19.1. The van der Waals surface area contributed by atoms with Crippen molar-refractivity contribution in [2.75, 3.05) is 16.8 Å². The predicted octanol–water partition coefficient (Wildman–Crippen LogP) is 7.86. The molecule has 2 heterocycles. The van der Waals surface area contributed by atoms with Gasteiger partial charge in [0.05, 0.1) is 18.1 Å². The van der Waals surface area contributed by atoms with Gasteiger partial charge in [0.2, 0.25) is 0 Å². The molecule has 2 aliphatic rings. The van der Waals surface area contributed by atoms with Crippen molar-refractivity contribution in [3.8, 4) is 0 Å². The molecule has 3 aromatic carbocycles. The van der Waals surface area contributed by atoms with Crippen molar-refractivity contribution < 1.29 is 1.37 Å². The van der Waals surface area contributed by atoms with E-state index in [9.17, 15) is 1.37 Å². The first-order valence-corrected chi connectivity index (χ1v) is 11.8. The molecule has 1 unspecified atom stereocenters. The Hall–Kier alpha value is -2.91. The average molecular weight is 426 g/mol. The van der Waals surface area contributed by atoms with Gasteiger partial charge in [-0.3, -0.25) is 0 Å². The molecule has 156 valence electrons. The van der Waals surface area contributed by atoms with Crippen LogP contribution in [-0.4, -0.2) is 12.4 Å². The molecule has 0 fully saturated rings. The molecule has 2 aliphatic heterocycles. The highest BCUT2D eigenvalue weighted by Gasteiger charge is 2.28. The standard InChI is InChI=1S/C28H28N2S/c1-3-4-12-23-19-21(20-28-29(2)26-17-10-11-18-27(26)31-28)24-15-8-9-16-25(24)30(23)22-13-6-5-7-14-22/h5-11,13-20,28H,3-4,12H2,1-2H3/i28D. The van der Waals surface area contributed by atoms with E-state index >= 15 is 0 Å². The molecule has 5 rings (SSSR count). The molecule has 0 radical (unpaired) electrons. The quantitative estimate of drug-likeness (QED) is 0.411. The topological polar surface area (TPSA) is 6.48 Å². The van der Waals surface area contributed by atoms with E-state index in [0.29, 0.717) is 0 Å². The maximum absolute atomic E-state index is 9.34. The van der Waals surface area contributed by atoms with E-state index in [2.05, 4.69) is 102 Å². The van der Waals surface area contributed by atoms with Crippen molar-refractivity contribution in [3.63, 3.8) is 0 Å². The van der Waals surface area contributed by atoms with Gasteiger partial charge in [0, 0.05) is 28.9 Å². The van der Waals surface area contributed by atoms with Crippen LogP contribution in [0.25, 0.3) is 5.57 Å². The number of fused-ring (bicyclic) bond motifs is 2. The molecule has 0 saturated carbocycles. The van der Waals surface area contributed by atoms with Gasteiger partial charge < -0.3 is 9.80 Å². The molecule has 0 spiro atoms. The van der Waals surface area contributed by atoms with E-state index in [1.165, 1.54) is 22.6 Å².